The Bertz CT molecular complexity index is 1270. The first-order chi connectivity index (χ1) is 15.7. The van der Waals surface area contributed by atoms with Gasteiger partial charge in [0.15, 0.2) is 15.0 Å². The molecule has 0 aliphatic carbocycles. The van der Waals surface area contributed by atoms with Gasteiger partial charge in [-0.15, -0.1) is 0 Å². The summed E-state index contributed by atoms with van der Waals surface area (Å²) in [6.07, 6.45) is 2.35. The number of benzene rings is 2. The number of amides is 1. The van der Waals surface area contributed by atoms with Crippen molar-refractivity contribution in [2.45, 2.75) is 43.6 Å². The van der Waals surface area contributed by atoms with Gasteiger partial charge in [0, 0.05) is 18.7 Å². The molecule has 1 fully saturated rings. The summed E-state index contributed by atoms with van der Waals surface area (Å²) < 4.78 is 25.8. The Labute approximate surface area is 199 Å². The van der Waals surface area contributed by atoms with Crippen LogP contribution in [-0.2, 0) is 14.6 Å². The first-order valence-corrected chi connectivity index (χ1v) is 13.7. The summed E-state index contributed by atoms with van der Waals surface area (Å²) in [6, 6.07) is 16.1. The van der Waals surface area contributed by atoms with Crippen LogP contribution < -0.4 is 0 Å². The SMILES string of the molecule is Cc1ccc(-n2c(-c3ccccc3)cnc2S[C@@H](C)C(=O)N(C)[C@@H]2CCS(=O)(=O)C2)c(C)c1. The fraction of sp³-hybridized carbons (Fsp3) is 0.360. The average Bonchev–Trinajstić information content (AvgIpc) is 3.36. The Kier molecular flexibility index (Phi) is 6.68. The fourth-order valence-electron chi connectivity index (χ4n) is 4.28. The standard InChI is InChI=1S/C25H29N3O3S2/c1-17-10-11-22(18(2)14-17)28-23(20-8-6-5-7-9-20)15-26-25(28)32-19(3)24(29)27(4)21-12-13-33(30,31)16-21/h5-11,14-15,19,21H,12-13,16H2,1-4H3/t19-,21+/m0/s1. The quantitative estimate of drug-likeness (QED) is 0.489. The number of aryl methyl sites for hydroxylation is 2. The van der Waals surface area contributed by atoms with E-state index in [4.69, 9.17) is 4.98 Å². The van der Waals surface area contributed by atoms with Crippen molar-refractivity contribution in [3.8, 4) is 16.9 Å². The van der Waals surface area contributed by atoms with Crippen LogP contribution in [0.4, 0.5) is 0 Å². The van der Waals surface area contributed by atoms with E-state index >= 15 is 0 Å². The van der Waals surface area contributed by atoms with Crippen molar-refractivity contribution in [3.05, 3.63) is 65.9 Å². The number of thioether (sulfide) groups is 1. The van der Waals surface area contributed by atoms with Crippen LogP contribution in [0.3, 0.4) is 0 Å². The van der Waals surface area contributed by atoms with Crippen molar-refractivity contribution < 1.29 is 13.2 Å². The Balaban J connectivity index is 1.66. The highest BCUT2D eigenvalue weighted by Crippen LogP contribution is 2.34. The lowest BCUT2D eigenvalue weighted by Gasteiger charge is -2.26. The number of sulfone groups is 1. The second-order valence-electron chi connectivity index (χ2n) is 8.68. The van der Waals surface area contributed by atoms with Crippen LogP contribution in [0.5, 0.6) is 0 Å². The van der Waals surface area contributed by atoms with Gasteiger partial charge < -0.3 is 4.90 Å². The highest BCUT2D eigenvalue weighted by atomic mass is 32.2. The Morgan fingerprint density at radius 2 is 1.91 bits per heavy atom. The number of hydrogen-bond donors (Lipinski definition) is 0. The van der Waals surface area contributed by atoms with Crippen molar-refractivity contribution in [2.24, 2.45) is 0 Å². The molecule has 2 aromatic carbocycles. The molecule has 8 heteroatoms. The van der Waals surface area contributed by atoms with Crippen LogP contribution in [0.1, 0.15) is 24.5 Å². The molecule has 0 bridgehead atoms. The van der Waals surface area contributed by atoms with Crippen molar-refractivity contribution in [1.29, 1.82) is 0 Å². The van der Waals surface area contributed by atoms with Gasteiger partial charge in [0.05, 0.1) is 34.3 Å². The van der Waals surface area contributed by atoms with Crippen LogP contribution in [0.25, 0.3) is 16.9 Å². The van der Waals surface area contributed by atoms with Gasteiger partial charge in [-0.25, -0.2) is 13.4 Å². The number of carbonyl (C=O) groups excluding carboxylic acids is 1. The molecule has 0 spiro atoms. The molecule has 1 aliphatic heterocycles. The zero-order chi connectivity index (χ0) is 23.8. The molecule has 0 unspecified atom stereocenters. The summed E-state index contributed by atoms with van der Waals surface area (Å²) in [6.45, 7) is 6.00. The first kappa shape index (κ1) is 23.6. The lowest BCUT2D eigenvalue weighted by molar-refractivity contribution is -0.130. The van der Waals surface area contributed by atoms with Gasteiger partial charge in [0.25, 0.3) is 0 Å². The van der Waals surface area contributed by atoms with Crippen LogP contribution in [-0.4, -0.2) is 58.6 Å². The molecule has 2 atom stereocenters. The third-order valence-corrected chi connectivity index (χ3v) is 8.93. The molecule has 0 saturated carbocycles. The van der Waals surface area contributed by atoms with Crippen LogP contribution >= 0.6 is 11.8 Å². The molecule has 0 radical (unpaired) electrons. The van der Waals surface area contributed by atoms with Gasteiger partial charge in [0.1, 0.15) is 0 Å². The van der Waals surface area contributed by atoms with Crippen molar-refractivity contribution >= 4 is 27.5 Å². The van der Waals surface area contributed by atoms with E-state index in [1.807, 2.05) is 43.5 Å². The summed E-state index contributed by atoms with van der Waals surface area (Å²) >= 11 is 1.40. The summed E-state index contributed by atoms with van der Waals surface area (Å²) in [4.78, 5) is 19.5. The molecule has 174 valence electrons. The number of hydrogen-bond acceptors (Lipinski definition) is 5. The monoisotopic (exact) mass is 483 g/mol. The zero-order valence-corrected chi connectivity index (χ0v) is 21.0. The van der Waals surface area contributed by atoms with E-state index in [9.17, 15) is 13.2 Å². The number of aromatic nitrogens is 2. The predicted octanol–water partition coefficient (Wildman–Crippen LogP) is 4.28. The van der Waals surface area contributed by atoms with E-state index in [0.717, 1.165) is 27.7 Å². The minimum atomic E-state index is -3.05. The largest absolute Gasteiger partial charge is 0.341 e. The molecule has 1 aliphatic rings. The van der Waals surface area contributed by atoms with E-state index in [-0.39, 0.29) is 23.5 Å². The van der Waals surface area contributed by atoms with Crippen molar-refractivity contribution in [2.75, 3.05) is 18.6 Å². The Morgan fingerprint density at radius 3 is 2.55 bits per heavy atom. The molecule has 33 heavy (non-hydrogen) atoms. The molecule has 1 aromatic heterocycles. The number of imidazole rings is 1. The Morgan fingerprint density at radius 1 is 1.18 bits per heavy atom. The molecular weight excluding hydrogens is 454 g/mol. The molecule has 1 saturated heterocycles. The molecule has 2 heterocycles. The highest BCUT2D eigenvalue weighted by Gasteiger charge is 2.34. The van der Waals surface area contributed by atoms with Crippen molar-refractivity contribution in [1.82, 2.24) is 14.5 Å². The van der Waals surface area contributed by atoms with E-state index in [0.29, 0.717) is 6.42 Å². The second kappa shape index (κ2) is 9.35. The third kappa shape index (κ3) is 5.01. The molecule has 3 aromatic rings. The number of carbonyl (C=O) groups is 1. The maximum absolute atomic E-state index is 13.2. The third-order valence-electron chi connectivity index (χ3n) is 6.13. The summed E-state index contributed by atoms with van der Waals surface area (Å²) in [7, 11) is -1.35. The highest BCUT2D eigenvalue weighted by molar-refractivity contribution is 8.00. The van der Waals surface area contributed by atoms with E-state index < -0.39 is 15.1 Å². The lowest BCUT2D eigenvalue weighted by Crippen LogP contribution is -2.41. The van der Waals surface area contributed by atoms with E-state index in [2.05, 4.69) is 36.6 Å². The molecule has 0 N–H and O–H groups in total. The first-order valence-electron chi connectivity index (χ1n) is 11.0. The zero-order valence-electron chi connectivity index (χ0n) is 19.4. The number of nitrogens with zero attached hydrogens (tertiary/aromatic N) is 3. The summed E-state index contributed by atoms with van der Waals surface area (Å²) in [5.74, 6) is 0.106. The fourth-order valence-corrected chi connectivity index (χ4v) is 7.05. The second-order valence-corrected chi connectivity index (χ2v) is 12.2. The van der Waals surface area contributed by atoms with Gasteiger partial charge >= 0.3 is 0 Å². The van der Waals surface area contributed by atoms with Gasteiger partial charge in [-0.2, -0.15) is 0 Å². The van der Waals surface area contributed by atoms with E-state index in [1.165, 1.54) is 17.3 Å². The van der Waals surface area contributed by atoms with Crippen LogP contribution in [0.15, 0.2) is 59.9 Å². The maximum Gasteiger partial charge on any atom is 0.235 e. The minimum absolute atomic E-state index is 0.0436. The summed E-state index contributed by atoms with van der Waals surface area (Å²) in [5, 5.41) is 0.322. The predicted molar refractivity (Wildman–Crippen MR) is 134 cm³/mol. The topological polar surface area (TPSA) is 72.3 Å². The van der Waals surface area contributed by atoms with Crippen LogP contribution in [0.2, 0.25) is 0 Å². The molecular formula is C25H29N3O3S2. The summed E-state index contributed by atoms with van der Waals surface area (Å²) in [5.41, 5.74) is 5.33. The molecule has 4 rings (SSSR count). The van der Waals surface area contributed by atoms with Gasteiger partial charge in [-0.3, -0.25) is 9.36 Å². The Hall–Kier alpha value is -2.58. The van der Waals surface area contributed by atoms with E-state index in [1.54, 1.807) is 11.9 Å². The van der Waals surface area contributed by atoms with Gasteiger partial charge in [-0.1, -0.05) is 59.8 Å². The van der Waals surface area contributed by atoms with Gasteiger partial charge in [-0.05, 0) is 38.8 Å². The lowest BCUT2D eigenvalue weighted by atomic mass is 10.1. The minimum Gasteiger partial charge on any atom is -0.341 e. The normalized spacial score (nSPS) is 18.2. The molecule has 1 amide bonds. The molecule has 6 nitrogen and oxygen atoms in total. The maximum atomic E-state index is 13.2. The van der Waals surface area contributed by atoms with Crippen LogP contribution in [0, 0.1) is 13.8 Å². The van der Waals surface area contributed by atoms with Crippen molar-refractivity contribution in [3.63, 3.8) is 0 Å². The number of rotatable bonds is 6. The average molecular weight is 484 g/mol. The smallest absolute Gasteiger partial charge is 0.235 e. The van der Waals surface area contributed by atoms with Gasteiger partial charge in [0.2, 0.25) is 5.91 Å².